The Hall–Kier alpha value is -4.01. The molecule has 1 N–H and O–H groups in total. The summed E-state index contributed by atoms with van der Waals surface area (Å²) in [5.74, 6) is -1.01. The van der Waals surface area contributed by atoms with Crippen LogP contribution in [0.4, 0.5) is 20.7 Å². The fourth-order valence-electron chi connectivity index (χ4n) is 4.01. The van der Waals surface area contributed by atoms with Crippen LogP contribution in [-0.2, 0) is 15.9 Å². The third-order valence-electron chi connectivity index (χ3n) is 5.64. The number of esters is 1. The van der Waals surface area contributed by atoms with Crippen molar-refractivity contribution in [1.29, 1.82) is 0 Å². The van der Waals surface area contributed by atoms with Crippen molar-refractivity contribution in [2.24, 2.45) is 0 Å². The zero-order valence-corrected chi connectivity index (χ0v) is 19.8. The standard InChI is InChI=1S/C26H27FN4O4/c1-4-34-25(32)24-20(10-11-22(27)30-24)28-17(3)21-12-16(2)13-23(29-21)31-19(15-35-26(31)33)14-18-8-6-5-7-9-18/h5-13,17,19,28H,4,14-15H2,1-3H3/t17?,19-/m0/s1. The lowest BCUT2D eigenvalue weighted by Crippen LogP contribution is -2.36. The molecular weight excluding hydrogens is 451 g/mol. The maximum Gasteiger partial charge on any atom is 0.415 e. The Morgan fingerprint density at radius 3 is 2.74 bits per heavy atom. The van der Waals surface area contributed by atoms with Crippen LogP contribution in [0.25, 0.3) is 0 Å². The number of carbonyl (C=O) groups excluding carboxylic acids is 2. The zero-order chi connectivity index (χ0) is 24.9. The second kappa shape index (κ2) is 10.5. The van der Waals surface area contributed by atoms with E-state index in [-0.39, 0.29) is 31.0 Å². The highest BCUT2D eigenvalue weighted by Crippen LogP contribution is 2.28. The molecule has 0 saturated carbocycles. The van der Waals surface area contributed by atoms with Crippen molar-refractivity contribution in [3.05, 3.63) is 83.1 Å². The van der Waals surface area contributed by atoms with Gasteiger partial charge in [0.15, 0.2) is 5.69 Å². The van der Waals surface area contributed by atoms with Crippen LogP contribution < -0.4 is 10.2 Å². The number of benzene rings is 1. The minimum Gasteiger partial charge on any atom is -0.461 e. The molecule has 182 valence electrons. The molecule has 4 rings (SSSR count). The number of ether oxygens (including phenoxy) is 2. The quantitative estimate of drug-likeness (QED) is 0.366. The van der Waals surface area contributed by atoms with Gasteiger partial charge < -0.3 is 14.8 Å². The lowest BCUT2D eigenvalue weighted by atomic mass is 10.1. The van der Waals surface area contributed by atoms with Gasteiger partial charge in [0.1, 0.15) is 12.4 Å². The number of amides is 1. The van der Waals surface area contributed by atoms with Crippen molar-refractivity contribution in [3.63, 3.8) is 0 Å². The molecule has 1 amide bonds. The lowest BCUT2D eigenvalue weighted by Gasteiger charge is -2.23. The van der Waals surface area contributed by atoms with Crippen LogP contribution in [0, 0.1) is 12.9 Å². The monoisotopic (exact) mass is 478 g/mol. The molecule has 1 aliphatic rings. The highest BCUT2D eigenvalue weighted by Gasteiger charge is 2.35. The van der Waals surface area contributed by atoms with E-state index in [1.807, 2.05) is 56.3 Å². The molecule has 1 aromatic carbocycles. The number of pyridine rings is 2. The normalized spacial score (nSPS) is 16.1. The summed E-state index contributed by atoms with van der Waals surface area (Å²) < 4.78 is 24.1. The Morgan fingerprint density at radius 1 is 1.23 bits per heavy atom. The van der Waals surface area contributed by atoms with Crippen LogP contribution in [0.1, 0.15) is 47.2 Å². The Bertz CT molecular complexity index is 1220. The first-order valence-corrected chi connectivity index (χ1v) is 11.4. The molecule has 0 bridgehead atoms. The summed E-state index contributed by atoms with van der Waals surface area (Å²) in [6, 6.07) is 15.7. The SMILES string of the molecule is CCOC(=O)c1nc(F)ccc1NC(C)c1cc(C)cc(N2C(=O)OC[C@@H]2Cc2ccccc2)n1. The van der Waals surface area contributed by atoms with Gasteiger partial charge in [-0.25, -0.2) is 19.6 Å². The number of hydrogen-bond donors (Lipinski definition) is 1. The topological polar surface area (TPSA) is 93.7 Å². The number of nitrogens with one attached hydrogen (secondary N) is 1. The molecule has 3 aromatic rings. The van der Waals surface area contributed by atoms with E-state index in [0.29, 0.717) is 23.6 Å². The Labute approximate surface area is 203 Å². The van der Waals surface area contributed by atoms with Gasteiger partial charge in [-0.3, -0.25) is 4.90 Å². The van der Waals surface area contributed by atoms with Crippen LogP contribution in [-0.4, -0.2) is 41.3 Å². The van der Waals surface area contributed by atoms with Gasteiger partial charge in [-0.15, -0.1) is 0 Å². The predicted octanol–water partition coefficient (Wildman–Crippen LogP) is 4.84. The van der Waals surface area contributed by atoms with Crippen molar-refractivity contribution >= 4 is 23.6 Å². The highest BCUT2D eigenvalue weighted by atomic mass is 19.1. The first kappa shape index (κ1) is 24.1. The second-order valence-electron chi connectivity index (χ2n) is 8.33. The second-order valence-corrected chi connectivity index (χ2v) is 8.33. The lowest BCUT2D eigenvalue weighted by molar-refractivity contribution is 0.0519. The molecule has 1 aliphatic heterocycles. The molecule has 2 atom stereocenters. The van der Waals surface area contributed by atoms with Crippen molar-refractivity contribution in [2.45, 2.75) is 39.3 Å². The van der Waals surface area contributed by atoms with Crippen molar-refractivity contribution < 1.29 is 23.5 Å². The smallest absolute Gasteiger partial charge is 0.415 e. The van der Waals surface area contributed by atoms with E-state index in [4.69, 9.17) is 14.5 Å². The van der Waals surface area contributed by atoms with Gasteiger partial charge in [0.25, 0.3) is 0 Å². The summed E-state index contributed by atoms with van der Waals surface area (Å²) in [4.78, 5) is 34.9. The summed E-state index contributed by atoms with van der Waals surface area (Å²) in [5, 5.41) is 3.17. The van der Waals surface area contributed by atoms with E-state index >= 15 is 0 Å². The fraction of sp³-hybridized carbons (Fsp3) is 0.308. The zero-order valence-electron chi connectivity index (χ0n) is 19.8. The number of aryl methyl sites for hydroxylation is 1. The van der Waals surface area contributed by atoms with Gasteiger partial charge >= 0.3 is 12.1 Å². The number of nitrogens with zero attached hydrogens (tertiary/aromatic N) is 3. The number of cyclic esters (lactones) is 1. The summed E-state index contributed by atoms with van der Waals surface area (Å²) in [6.07, 6.45) is 0.193. The summed E-state index contributed by atoms with van der Waals surface area (Å²) in [7, 11) is 0. The summed E-state index contributed by atoms with van der Waals surface area (Å²) in [6.45, 7) is 5.85. The third-order valence-corrected chi connectivity index (χ3v) is 5.64. The first-order chi connectivity index (χ1) is 16.9. The van der Waals surface area contributed by atoms with E-state index in [2.05, 4.69) is 10.3 Å². The third kappa shape index (κ3) is 5.56. The molecular formula is C26H27FN4O4. The van der Waals surface area contributed by atoms with Crippen LogP contribution in [0.2, 0.25) is 0 Å². The minimum atomic E-state index is -0.778. The maximum absolute atomic E-state index is 13.7. The molecule has 1 saturated heterocycles. The van der Waals surface area contributed by atoms with Crippen LogP contribution in [0.3, 0.4) is 0 Å². The van der Waals surface area contributed by atoms with Crippen LogP contribution >= 0.6 is 0 Å². The van der Waals surface area contributed by atoms with Crippen molar-refractivity contribution in [3.8, 4) is 0 Å². The van der Waals surface area contributed by atoms with Gasteiger partial charge in [0.05, 0.1) is 30.1 Å². The molecule has 0 radical (unpaired) electrons. The summed E-state index contributed by atoms with van der Waals surface area (Å²) >= 11 is 0. The van der Waals surface area contributed by atoms with Crippen LogP contribution in [0.5, 0.6) is 0 Å². The number of rotatable bonds is 8. The van der Waals surface area contributed by atoms with Crippen molar-refractivity contribution in [1.82, 2.24) is 9.97 Å². The molecule has 35 heavy (non-hydrogen) atoms. The molecule has 9 heteroatoms. The van der Waals surface area contributed by atoms with E-state index in [9.17, 15) is 14.0 Å². The molecule has 8 nitrogen and oxygen atoms in total. The van der Waals surface area contributed by atoms with Gasteiger partial charge in [-0.2, -0.15) is 4.39 Å². The van der Waals surface area contributed by atoms with Gasteiger partial charge in [0, 0.05) is 0 Å². The van der Waals surface area contributed by atoms with Crippen LogP contribution in [0.15, 0.2) is 54.6 Å². The fourth-order valence-corrected chi connectivity index (χ4v) is 4.01. The summed E-state index contributed by atoms with van der Waals surface area (Å²) in [5.41, 5.74) is 2.82. The van der Waals surface area contributed by atoms with E-state index < -0.39 is 18.0 Å². The largest absolute Gasteiger partial charge is 0.461 e. The number of aromatic nitrogens is 2. The molecule has 2 aromatic heterocycles. The molecule has 1 fully saturated rings. The van der Waals surface area contributed by atoms with E-state index in [1.54, 1.807) is 11.8 Å². The highest BCUT2D eigenvalue weighted by molar-refractivity contribution is 5.93. The molecule has 1 unspecified atom stereocenters. The van der Waals surface area contributed by atoms with Gasteiger partial charge in [-0.1, -0.05) is 30.3 Å². The molecule has 3 heterocycles. The predicted molar refractivity (Wildman–Crippen MR) is 129 cm³/mol. The number of anilines is 2. The maximum atomic E-state index is 13.7. The molecule has 0 spiro atoms. The van der Waals surface area contributed by atoms with E-state index in [1.165, 1.54) is 12.1 Å². The first-order valence-electron chi connectivity index (χ1n) is 11.4. The Kier molecular flexibility index (Phi) is 7.24. The minimum absolute atomic E-state index is 0.141. The average Bonchev–Trinajstić information content (AvgIpc) is 3.20. The Balaban J connectivity index is 1.60. The number of halogens is 1. The van der Waals surface area contributed by atoms with Gasteiger partial charge in [-0.05, 0) is 62.6 Å². The van der Waals surface area contributed by atoms with Crippen molar-refractivity contribution in [2.75, 3.05) is 23.4 Å². The average molecular weight is 479 g/mol. The van der Waals surface area contributed by atoms with Gasteiger partial charge in [0.2, 0.25) is 5.95 Å². The molecule has 0 aliphatic carbocycles. The Morgan fingerprint density at radius 2 is 2.00 bits per heavy atom. The number of carbonyl (C=O) groups is 2. The van der Waals surface area contributed by atoms with E-state index in [0.717, 1.165) is 11.1 Å². The number of hydrogen-bond acceptors (Lipinski definition) is 7.